The Bertz CT molecular complexity index is 159. The molecule has 0 aromatic carbocycles. The van der Waals surface area contributed by atoms with Crippen LogP contribution in [0.2, 0.25) is 0 Å². The first-order valence-electron chi connectivity index (χ1n) is 4.64. The second kappa shape index (κ2) is 4.45. The smallest absolute Gasteiger partial charge is 0.303 e. The van der Waals surface area contributed by atoms with Crippen LogP contribution in [0.5, 0.6) is 0 Å². The van der Waals surface area contributed by atoms with Crippen molar-refractivity contribution in [2.75, 3.05) is 6.54 Å². The van der Waals surface area contributed by atoms with Gasteiger partial charge in [0.15, 0.2) is 0 Å². The lowest BCUT2D eigenvalue weighted by Crippen LogP contribution is -2.23. The topological polar surface area (TPSA) is 63.3 Å². The summed E-state index contributed by atoms with van der Waals surface area (Å²) in [7, 11) is 0. The van der Waals surface area contributed by atoms with Gasteiger partial charge >= 0.3 is 5.97 Å². The summed E-state index contributed by atoms with van der Waals surface area (Å²) in [5, 5.41) is 8.59. The molecule has 0 aromatic heterocycles. The van der Waals surface area contributed by atoms with Gasteiger partial charge in [-0.1, -0.05) is 6.42 Å². The zero-order valence-electron chi connectivity index (χ0n) is 7.33. The molecule has 0 aliphatic heterocycles. The molecule has 0 heterocycles. The molecule has 0 amide bonds. The number of carbonyl (C=O) groups is 1. The lowest BCUT2D eigenvalue weighted by Gasteiger charge is -2.26. The van der Waals surface area contributed by atoms with E-state index in [1.807, 2.05) is 0 Å². The minimum atomic E-state index is -0.669. The van der Waals surface area contributed by atoms with E-state index in [2.05, 4.69) is 0 Å². The Balaban J connectivity index is 2.30. The third-order valence-electron chi connectivity index (χ3n) is 2.69. The molecular weight excluding hydrogens is 154 g/mol. The van der Waals surface area contributed by atoms with E-state index in [1.54, 1.807) is 0 Å². The third-order valence-corrected chi connectivity index (χ3v) is 2.69. The van der Waals surface area contributed by atoms with Gasteiger partial charge in [0.1, 0.15) is 0 Å². The number of nitrogens with two attached hydrogens (primary N) is 1. The number of rotatable bonds is 3. The van der Waals surface area contributed by atoms with Gasteiger partial charge in [-0.2, -0.15) is 0 Å². The van der Waals surface area contributed by atoms with Crippen LogP contribution in [-0.2, 0) is 4.79 Å². The Hall–Kier alpha value is -0.570. The van der Waals surface area contributed by atoms with Crippen molar-refractivity contribution in [2.24, 2.45) is 17.6 Å². The molecule has 0 bridgehead atoms. The van der Waals surface area contributed by atoms with Crippen molar-refractivity contribution in [3.05, 3.63) is 0 Å². The molecule has 1 fully saturated rings. The zero-order valence-corrected chi connectivity index (χ0v) is 7.33. The van der Waals surface area contributed by atoms with Crippen molar-refractivity contribution < 1.29 is 9.90 Å². The summed E-state index contributed by atoms with van der Waals surface area (Å²) in [6.07, 6.45) is 4.76. The fourth-order valence-electron chi connectivity index (χ4n) is 2.05. The van der Waals surface area contributed by atoms with E-state index in [0.717, 1.165) is 25.8 Å². The van der Waals surface area contributed by atoms with Crippen LogP contribution < -0.4 is 5.73 Å². The Morgan fingerprint density at radius 3 is 2.67 bits per heavy atom. The summed E-state index contributed by atoms with van der Waals surface area (Å²) in [4.78, 5) is 10.4. The highest BCUT2D eigenvalue weighted by atomic mass is 16.4. The van der Waals surface area contributed by atoms with Crippen molar-refractivity contribution in [3.63, 3.8) is 0 Å². The minimum Gasteiger partial charge on any atom is -0.481 e. The average molecular weight is 171 g/mol. The number of hydrogen-bond donors (Lipinski definition) is 2. The second-order valence-corrected chi connectivity index (χ2v) is 3.73. The number of carboxylic acid groups (broad SMARTS) is 1. The van der Waals surface area contributed by atoms with Crippen LogP contribution in [0.1, 0.15) is 32.1 Å². The lowest BCUT2D eigenvalue weighted by molar-refractivity contribution is -0.138. The maximum atomic E-state index is 10.4. The summed E-state index contributed by atoms with van der Waals surface area (Å²) in [5.41, 5.74) is 5.55. The van der Waals surface area contributed by atoms with E-state index in [9.17, 15) is 4.79 Å². The predicted octanol–water partition coefficient (Wildman–Crippen LogP) is 1.23. The summed E-state index contributed by atoms with van der Waals surface area (Å²) in [6, 6.07) is 0. The van der Waals surface area contributed by atoms with Crippen LogP contribution in [0.4, 0.5) is 0 Å². The van der Waals surface area contributed by atoms with E-state index >= 15 is 0 Å². The highest BCUT2D eigenvalue weighted by Gasteiger charge is 2.22. The van der Waals surface area contributed by atoms with E-state index in [1.165, 1.54) is 6.42 Å². The molecule has 1 aliphatic rings. The Labute approximate surface area is 72.9 Å². The van der Waals surface area contributed by atoms with Gasteiger partial charge in [0.05, 0.1) is 0 Å². The molecule has 12 heavy (non-hydrogen) atoms. The van der Waals surface area contributed by atoms with Gasteiger partial charge in [0.2, 0.25) is 0 Å². The highest BCUT2D eigenvalue weighted by molar-refractivity contribution is 5.67. The first kappa shape index (κ1) is 9.52. The summed E-state index contributed by atoms with van der Waals surface area (Å²) < 4.78 is 0. The Morgan fingerprint density at radius 1 is 1.42 bits per heavy atom. The molecule has 1 rings (SSSR count). The van der Waals surface area contributed by atoms with Crippen LogP contribution in [0, 0.1) is 11.8 Å². The molecule has 3 nitrogen and oxygen atoms in total. The highest BCUT2D eigenvalue weighted by Crippen LogP contribution is 2.30. The van der Waals surface area contributed by atoms with Gasteiger partial charge in [-0.05, 0) is 37.6 Å². The number of aliphatic carboxylic acids is 1. The molecular formula is C9H17NO2. The molecule has 0 radical (unpaired) electrons. The largest absolute Gasteiger partial charge is 0.481 e. The second-order valence-electron chi connectivity index (χ2n) is 3.73. The van der Waals surface area contributed by atoms with Crippen molar-refractivity contribution in [2.45, 2.75) is 32.1 Å². The zero-order chi connectivity index (χ0) is 8.97. The summed E-state index contributed by atoms with van der Waals surface area (Å²) >= 11 is 0. The van der Waals surface area contributed by atoms with Crippen LogP contribution >= 0.6 is 0 Å². The van der Waals surface area contributed by atoms with Crippen LogP contribution in [0.15, 0.2) is 0 Å². The van der Waals surface area contributed by atoms with Gasteiger partial charge in [-0.3, -0.25) is 4.79 Å². The third kappa shape index (κ3) is 2.81. The van der Waals surface area contributed by atoms with Gasteiger partial charge in [-0.25, -0.2) is 0 Å². The maximum absolute atomic E-state index is 10.4. The average Bonchev–Trinajstić information content (AvgIpc) is 2.03. The normalized spacial score (nSPS) is 30.1. The van der Waals surface area contributed by atoms with E-state index < -0.39 is 5.97 Å². The monoisotopic (exact) mass is 171 g/mol. The molecule has 3 heteroatoms. The van der Waals surface area contributed by atoms with Crippen molar-refractivity contribution in [1.29, 1.82) is 0 Å². The van der Waals surface area contributed by atoms with Gasteiger partial charge in [-0.15, -0.1) is 0 Å². The van der Waals surface area contributed by atoms with Crippen molar-refractivity contribution >= 4 is 5.97 Å². The fraction of sp³-hybridized carbons (Fsp3) is 0.889. The van der Waals surface area contributed by atoms with Gasteiger partial charge < -0.3 is 10.8 Å². The minimum absolute atomic E-state index is 0.330. The molecule has 0 spiro atoms. The summed E-state index contributed by atoms with van der Waals surface area (Å²) in [5.74, 6) is 0.283. The SMILES string of the molecule is NCC1CCCC(CC(=O)O)C1. The van der Waals surface area contributed by atoms with Crippen LogP contribution in [0.3, 0.4) is 0 Å². The molecule has 2 unspecified atom stereocenters. The molecule has 1 aliphatic carbocycles. The molecule has 0 aromatic rings. The summed E-state index contributed by atoms with van der Waals surface area (Å²) in [6.45, 7) is 0.718. The van der Waals surface area contributed by atoms with Gasteiger partial charge in [0, 0.05) is 6.42 Å². The number of carboxylic acids is 1. The number of hydrogen-bond acceptors (Lipinski definition) is 2. The predicted molar refractivity (Wildman–Crippen MR) is 46.8 cm³/mol. The molecule has 1 saturated carbocycles. The van der Waals surface area contributed by atoms with Crippen LogP contribution in [-0.4, -0.2) is 17.6 Å². The first-order valence-corrected chi connectivity index (χ1v) is 4.64. The first-order chi connectivity index (χ1) is 5.72. The standard InChI is InChI=1S/C9H17NO2/c10-6-8-3-1-2-7(4-8)5-9(11)12/h7-8H,1-6,10H2,(H,11,12). The molecule has 3 N–H and O–H groups in total. The van der Waals surface area contributed by atoms with Crippen molar-refractivity contribution in [1.82, 2.24) is 0 Å². The molecule has 70 valence electrons. The lowest BCUT2D eigenvalue weighted by atomic mass is 9.80. The Morgan fingerprint density at radius 2 is 2.08 bits per heavy atom. The molecule has 2 atom stereocenters. The molecule has 0 saturated heterocycles. The fourth-order valence-corrected chi connectivity index (χ4v) is 2.05. The quantitative estimate of drug-likeness (QED) is 0.671. The van der Waals surface area contributed by atoms with Crippen LogP contribution in [0.25, 0.3) is 0 Å². The Kier molecular flexibility index (Phi) is 3.53. The van der Waals surface area contributed by atoms with Crippen molar-refractivity contribution in [3.8, 4) is 0 Å². The van der Waals surface area contributed by atoms with Gasteiger partial charge in [0.25, 0.3) is 0 Å². The van der Waals surface area contributed by atoms with E-state index in [-0.39, 0.29) is 0 Å². The van der Waals surface area contributed by atoms with E-state index in [0.29, 0.717) is 18.3 Å². The maximum Gasteiger partial charge on any atom is 0.303 e. The van der Waals surface area contributed by atoms with E-state index in [4.69, 9.17) is 10.8 Å².